The van der Waals surface area contributed by atoms with Gasteiger partial charge in [0.05, 0.1) is 0 Å². The van der Waals surface area contributed by atoms with Crippen molar-refractivity contribution < 1.29 is 9.90 Å². The summed E-state index contributed by atoms with van der Waals surface area (Å²) < 4.78 is 0. The molecule has 2 N–H and O–H groups in total. The molecule has 0 aliphatic carbocycles. The monoisotopic (exact) mass is 235 g/mol. The zero-order chi connectivity index (χ0) is 5.98. The maximum Gasteiger partial charge on any atom is 0.320 e. The van der Waals surface area contributed by atoms with Crippen LogP contribution in [0.1, 0.15) is 12.8 Å². The van der Waals surface area contributed by atoms with E-state index in [1.807, 2.05) is 0 Å². The van der Waals surface area contributed by atoms with E-state index < -0.39 is 5.97 Å². The first kappa shape index (κ1) is 9.23. The summed E-state index contributed by atoms with van der Waals surface area (Å²) in [4.78, 5) is 10.1. The summed E-state index contributed by atoms with van der Waals surface area (Å²) in [5, 5.41) is 11.2. The third-order valence-corrected chi connectivity index (χ3v) is 1.36. The average molecular weight is 234 g/mol. The van der Waals surface area contributed by atoms with Gasteiger partial charge in [0.1, 0.15) is 6.04 Å². The molecular weight excluding hydrogens is 225 g/mol. The predicted molar refractivity (Wildman–Crippen MR) is 34.4 cm³/mol. The average Bonchev–Trinajstić information content (AvgIpc) is 2.12. The largest absolute Gasteiger partial charge is 0.480 e. The van der Waals surface area contributed by atoms with Crippen molar-refractivity contribution in [1.82, 2.24) is 5.32 Å². The van der Waals surface area contributed by atoms with Crippen molar-refractivity contribution in [2.45, 2.75) is 18.9 Å². The SMILES string of the molecule is O=C(O)[C@@H]1CCCN1.[Sn]. The number of rotatable bonds is 1. The molecule has 4 heteroatoms. The first-order valence-corrected chi connectivity index (χ1v) is 2.77. The molecule has 1 aliphatic heterocycles. The van der Waals surface area contributed by atoms with Crippen molar-refractivity contribution in [2.75, 3.05) is 6.54 Å². The fraction of sp³-hybridized carbons (Fsp3) is 0.800. The molecule has 0 saturated carbocycles. The Morgan fingerprint density at radius 1 is 1.67 bits per heavy atom. The Hall–Kier alpha value is 0.229. The molecule has 0 amide bonds. The van der Waals surface area contributed by atoms with E-state index in [9.17, 15) is 4.79 Å². The van der Waals surface area contributed by atoms with E-state index >= 15 is 0 Å². The molecule has 50 valence electrons. The third kappa shape index (κ3) is 2.53. The summed E-state index contributed by atoms with van der Waals surface area (Å²) in [6, 6.07) is -0.269. The Balaban J connectivity index is 0.000000640. The molecular formula is C5H9NO2Sn. The molecule has 0 unspecified atom stereocenters. The normalized spacial score (nSPS) is 25.1. The van der Waals surface area contributed by atoms with Crippen molar-refractivity contribution in [2.24, 2.45) is 0 Å². The van der Waals surface area contributed by atoms with Crippen LogP contribution in [0.15, 0.2) is 0 Å². The number of nitrogens with one attached hydrogen (secondary N) is 1. The van der Waals surface area contributed by atoms with Crippen LogP contribution in [0.2, 0.25) is 0 Å². The molecule has 0 aromatic rings. The molecule has 9 heavy (non-hydrogen) atoms. The van der Waals surface area contributed by atoms with E-state index in [0.29, 0.717) is 0 Å². The van der Waals surface area contributed by atoms with Gasteiger partial charge >= 0.3 is 5.97 Å². The van der Waals surface area contributed by atoms with Crippen LogP contribution >= 0.6 is 0 Å². The van der Waals surface area contributed by atoms with Crippen LogP contribution in [0.4, 0.5) is 0 Å². The Morgan fingerprint density at radius 3 is 2.56 bits per heavy atom. The van der Waals surface area contributed by atoms with Gasteiger partial charge in [0.15, 0.2) is 0 Å². The molecule has 4 radical (unpaired) electrons. The van der Waals surface area contributed by atoms with Crippen molar-refractivity contribution >= 4 is 29.9 Å². The first-order valence-electron chi connectivity index (χ1n) is 2.77. The molecule has 1 rings (SSSR count). The maximum atomic E-state index is 10.1. The van der Waals surface area contributed by atoms with Gasteiger partial charge in [-0.3, -0.25) is 4.79 Å². The number of aliphatic carboxylic acids is 1. The van der Waals surface area contributed by atoms with Crippen LogP contribution in [-0.4, -0.2) is 47.6 Å². The molecule has 3 nitrogen and oxygen atoms in total. The van der Waals surface area contributed by atoms with Gasteiger partial charge < -0.3 is 10.4 Å². The summed E-state index contributed by atoms with van der Waals surface area (Å²) in [6.07, 6.45) is 1.78. The van der Waals surface area contributed by atoms with Crippen molar-refractivity contribution in [1.29, 1.82) is 0 Å². The van der Waals surface area contributed by atoms with E-state index in [1.54, 1.807) is 0 Å². The van der Waals surface area contributed by atoms with E-state index in [4.69, 9.17) is 5.11 Å². The van der Waals surface area contributed by atoms with E-state index in [-0.39, 0.29) is 29.9 Å². The molecule has 1 atom stereocenters. The second-order valence-electron chi connectivity index (χ2n) is 1.99. The standard InChI is InChI=1S/C5H9NO2.Sn/c7-5(8)4-2-1-3-6-4;/h4,6H,1-3H2,(H,7,8);/t4-;/m0./s1. The predicted octanol–water partition coefficient (Wildman–Crippen LogP) is -0.558. The minimum Gasteiger partial charge on any atom is -0.480 e. The Labute approximate surface area is 70.8 Å². The zero-order valence-electron chi connectivity index (χ0n) is 5.05. The summed E-state index contributed by atoms with van der Waals surface area (Å²) in [7, 11) is 0. The number of carboxylic acid groups (broad SMARTS) is 1. The van der Waals surface area contributed by atoms with Gasteiger partial charge in [-0.05, 0) is 19.4 Å². The van der Waals surface area contributed by atoms with Crippen LogP contribution in [0.5, 0.6) is 0 Å². The summed E-state index contributed by atoms with van der Waals surface area (Å²) >= 11 is 0. The summed E-state index contributed by atoms with van der Waals surface area (Å²) in [5.74, 6) is -0.720. The van der Waals surface area contributed by atoms with Gasteiger partial charge in [0.2, 0.25) is 0 Å². The topological polar surface area (TPSA) is 49.3 Å². The van der Waals surface area contributed by atoms with Gasteiger partial charge in [-0.15, -0.1) is 0 Å². The fourth-order valence-electron chi connectivity index (χ4n) is 0.895. The van der Waals surface area contributed by atoms with Crippen LogP contribution in [0, 0.1) is 0 Å². The zero-order valence-corrected chi connectivity index (χ0v) is 7.91. The number of carboxylic acids is 1. The molecule has 1 heterocycles. The van der Waals surface area contributed by atoms with Crippen LogP contribution < -0.4 is 5.32 Å². The maximum absolute atomic E-state index is 10.1. The van der Waals surface area contributed by atoms with E-state index in [0.717, 1.165) is 19.4 Å². The van der Waals surface area contributed by atoms with Crippen LogP contribution in [-0.2, 0) is 4.79 Å². The molecule has 0 bridgehead atoms. The third-order valence-electron chi connectivity index (χ3n) is 1.36. The number of hydrogen-bond acceptors (Lipinski definition) is 2. The molecule has 1 fully saturated rings. The Bertz CT molecular complexity index is 101. The summed E-state index contributed by atoms with van der Waals surface area (Å²) in [5.41, 5.74) is 0. The minimum atomic E-state index is -0.720. The van der Waals surface area contributed by atoms with Crippen molar-refractivity contribution in [3.8, 4) is 0 Å². The minimum absolute atomic E-state index is 0. The van der Waals surface area contributed by atoms with Crippen LogP contribution in [0.25, 0.3) is 0 Å². The second kappa shape index (κ2) is 4.11. The quantitative estimate of drug-likeness (QED) is 0.598. The van der Waals surface area contributed by atoms with Crippen molar-refractivity contribution in [3.63, 3.8) is 0 Å². The van der Waals surface area contributed by atoms with Gasteiger partial charge in [-0.2, -0.15) is 0 Å². The Morgan fingerprint density at radius 2 is 2.33 bits per heavy atom. The van der Waals surface area contributed by atoms with E-state index in [1.165, 1.54) is 0 Å². The number of hydrogen-bond donors (Lipinski definition) is 2. The molecule has 1 aliphatic rings. The smallest absolute Gasteiger partial charge is 0.320 e. The fourth-order valence-corrected chi connectivity index (χ4v) is 0.895. The number of carbonyl (C=O) groups is 1. The summed E-state index contributed by atoms with van der Waals surface area (Å²) in [6.45, 7) is 0.858. The molecule has 0 spiro atoms. The second-order valence-corrected chi connectivity index (χ2v) is 1.99. The molecule has 0 aromatic heterocycles. The van der Waals surface area contributed by atoms with Crippen LogP contribution in [0.3, 0.4) is 0 Å². The molecule has 0 aromatic carbocycles. The van der Waals surface area contributed by atoms with Gasteiger partial charge in [-0.25, -0.2) is 0 Å². The molecule has 1 saturated heterocycles. The van der Waals surface area contributed by atoms with Gasteiger partial charge in [0, 0.05) is 23.9 Å². The van der Waals surface area contributed by atoms with Crippen molar-refractivity contribution in [3.05, 3.63) is 0 Å². The van der Waals surface area contributed by atoms with E-state index in [2.05, 4.69) is 5.32 Å². The Kier molecular flexibility index (Phi) is 4.21. The first-order chi connectivity index (χ1) is 3.80. The van der Waals surface area contributed by atoms with Gasteiger partial charge in [-0.1, -0.05) is 0 Å². The van der Waals surface area contributed by atoms with Gasteiger partial charge in [0.25, 0.3) is 0 Å².